The van der Waals surface area contributed by atoms with Gasteiger partial charge in [0.2, 0.25) is 0 Å². The molecule has 3 aromatic rings. The first-order chi connectivity index (χ1) is 18.2. The summed E-state index contributed by atoms with van der Waals surface area (Å²) >= 11 is 4.87. The van der Waals surface area contributed by atoms with Crippen LogP contribution < -0.4 is 29.1 Å². The van der Waals surface area contributed by atoms with Crippen LogP contribution in [-0.4, -0.2) is 37.5 Å². The Kier molecular flexibility index (Phi) is 8.42. The molecule has 2 aromatic carbocycles. The maximum Gasteiger partial charge on any atom is 0.338 e. The topological polar surface area (TPSA) is 88.4 Å². The quantitative estimate of drug-likeness (QED) is 0.357. The van der Waals surface area contributed by atoms with E-state index in [1.807, 2.05) is 38.1 Å². The minimum absolute atomic E-state index is 0.0250. The third-order valence-corrected chi connectivity index (χ3v) is 7.55. The van der Waals surface area contributed by atoms with Crippen LogP contribution in [0.5, 0.6) is 17.2 Å². The van der Waals surface area contributed by atoms with E-state index >= 15 is 0 Å². The number of fused-ring (bicyclic) bond motifs is 1. The van der Waals surface area contributed by atoms with Crippen LogP contribution in [0.4, 0.5) is 0 Å². The fourth-order valence-corrected chi connectivity index (χ4v) is 5.84. The van der Waals surface area contributed by atoms with Gasteiger partial charge in [0.1, 0.15) is 5.75 Å². The van der Waals surface area contributed by atoms with Crippen LogP contribution in [0, 0.1) is 0 Å². The average Bonchev–Trinajstić information content (AvgIpc) is 3.18. The van der Waals surface area contributed by atoms with Crippen molar-refractivity contribution in [2.45, 2.75) is 39.8 Å². The molecule has 1 aromatic heterocycles. The number of carbonyl (C=O) groups is 1. The van der Waals surface area contributed by atoms with Crippen LogP contribution in [0.3, 0.4) is 0 Å². The van der Waals surface area contributed by atoms with Gasteiger partial charge >= 0.3 is 5.97 Å². The molecule has 0 N–H and O–H groups in total. The van der Waals surface area contributed by atoms with E-state index in [0.717, 1.165) is 5.56 Å². The summed E-state index contributed by atoms with van der Waals surface area (Å²) in [5.41, 5.74) is 1.88. The Morgan fingerprint density at radius 1 is 1.16 bits per heavy atom. The summed E-state index contributed by atoms with van der Waals surface area (Å²) in [5.74, 6) is 1.11. The predicted molar refractivity (Wildman–Crippen MR) is 150 cm³/mol. The highest BCUT2D eigenvalue weighted by Gasteiger charge is 2.35. The second-order valence-electron chi connectivity index (χ2n) is 8.74. The van der Waals surface area contributed by atoms with Crippen LogP contribution in [-0.2, 0) is 9.53 Å². The molecule has 2 heterocycles. The molecule has 0 amide bonds. The number of hydrogen-bond acceptors (Lipinski definition) is 8. The highest BCUT2D eigenvalue weighted by molar-refractivity contribution is 9.10. The monoisotopic (exact) mass is 600 g/mol. The van der Waals surface area contributed by atoms with E-state index in [9.17, 15) is 9.59 Å². The SMILES string of the molecule is CCOC(=O)C1=C(C)N=c2s/c(=C\c3ccccc3OC(C)C)c(=O)n2[C@@H]1c1cc(OC)c(OC)cc1Br. The summed E-state index contributed by atoms with van der Waals surface area (Å²) in [6, 6.07) is 10.3. The number of rotatable bonds is 8. The first-order valence-corrected chi connectivity index (χ1v) is 13.7. The van der Waals surface area contributed by atoms with Gasteiger partial charge in [-0.3, -0.25) is 9.36 Å². The van der Waals surface area contributed by atoms with Crippen LogP contribution in [0.2, 0.25) is 0 Å². The number of ether oxygens (including phenoxy) is 4. The zero-order chi connectivity index (χ0) is 27.6. The van der Waals surface area contributed by atoms with Crippen molar-refractivity contribution < 1.29 is 23.7 Å². The molecule has 1 atom stereocenters. The summed E-state index contributed by atoms with van der Waals surface area (Å²) in [5, 5.41) is 0. The zero-order valence-corrected chi connectivity index (χ0v) is 24.4. The van der Waals surface area contributed by atoms with Gasteiger partial charge in [-0.2, -0.15) is 0 Å². The highest BCUT2D eigenvalue weighted by Crippen LogP contribution is 2.40. The van der Waals surface area contributed by atoms with Gasteiger partial charge in [0.05, 0.1) is 48.8 Å². The predicted octanol–water partition coefficient (Wildman–Crippen LogP) is 4.37. The molecule has 0 radical (unpaired) electrons. The van der Waals surface area contributed by atoms with Gasteiger partial charge < -0.3 is 18.9 Å². The minimum atomic E-state index is -0.802. The Balaban J connectivity index is 2.00. The second kappa shape index (κ2) is 11.6. The molecule has 0 fully saturated rings. The Bertz CT molecular complexity index is 1590. The van der Waals surface area contributed by atoms with Gasteiger partial charge in [0, 0.05) is 10.0 Å². The van der Waals surface area contributed by atoms with Crippen molar-refractivity contribution in [3.63, 3.8) is 0 Å². The molecule has 38 heavy (non-hydrogen) atoms. The van der Waals surface area contributed by atoms with Crippen molar-refractivity contribution in [2.24, 2.45) is 4.99 Å². The van der Waals surface area contributed by atoms with Gasteiger partial charge in [-0.25, -0.2) is 9.79 Å². The lowest BCUT2D eigenvalue weighted by Crippen LogP contribution is -2.40. The first kappa shape index (κ1) is 27.7. The summed E-state index contributed by atoms with van der Waals surface area (Å²) < 4.78 is 24.9. The summed E-state index contributed by atoms with van der Waals surface area (Å²) in [6.45, 7) is 7.57. The van der Waals surface area contributed by atoms with Crippen molar-refractivity contribution in [1.82, 2.24) is 4.57 Å². The van der Waals surface area contributed by atoms with E-state index in [2.05, 4.69) is 20.9 Å². The van der Waals surface area contributed by atoms with Crippen LogP contribution in [0.1, 0.15) is 44.9 Å². The second-order valence-corrected chi connectivity index (χ2v) is 10.6. The number of aromatic nitrogens is 1. The van der Waals surface area contributed by atoms with Gasteiger partial charge in [-0.05, 0) is 57.5 Å². The van der Waals surface area contributed by atoms with Crippen LogP contribution >= 0.6 is 27.3 Å². The number of allylic oxidation sites excluding steroid dienone is 1. The Labute approximate surface area is 233 Å². The van der Waals surface area contributed by atoms with E-state index in [1.54, 1.807) is 39.2 Å². The standard InChI is InChI=1S/C28H29BrN2O6S/c1-7-36-27(33)24-16(4)30-28-31(25(24)18-13-21(34-5)22(35-6)14-19(18)29)26(32)23(38-28)12-17-10-8-9-11-20(17)37-15(2)3/h8-15,25H,7H2,1-6H3/b23-12-/t25-/m1/s1. The van der Waals surface area contributed by atoms with Crippen LogP contribution in [0.15, 0.2) is 61.9 Å². The minimum Gasteiger partial charge on any atom is -0.493 e. The van der Waals surface area contributed by atoms with Crippen LogP contribution in [0.25, 0.3) is 6.08 Å². The number of halogens is 1. The normalized spacial score (nSPS) is 15.3. The third kappa shape index (κ3) is 5.28. The fourth-order valence-electron chi connectivity index (χ4n) is 4.27. The molecule has 0 spiro atoms. The molecule has 1 aliphatic heterocycles. The number of esters is 1. The maximum absolute atomic E-state index is 14.0. The van der Waals surface area contributed by atoms with Crippen molar-refractivity contribution in [3.8, 4) is 17.2 Å². The van der Waals surface area contributed by atoms with E-state index in [-0.39, 0.29) is 23.8 Å². The Morgan fingerprint density at radius 3 is 2.50 bits per heavy atom. The number of hydrogen-bond donors (Lipinski definition) is 0. The lowest BCUT2D eigenvalue weighted by Gasteiger charge is -2.26. The highest BCUT2D eigenvalue weighted by atomic mass is 79.9. The summed E-state index contributed by atoms with van der Waals surface area (Å²) in [6.07, 6.45) is 1.77. The largest absolute Gasteiger partial charge is 0.493 e. The maximum atomic E-state index is 14.0. The lowest BCUT2D eigenvalue weighted by molar-refractivity contribution is -0.139. The van der Waals surface area contributed by atoms with E-state index < -0.39 is 12.0 Å². The lowest BCUT2D eigenvalue weighted by atomic mass is 9.95. The van der Waals surface area contributed by atoms with E-state index in [0.29, 0.717) is 42.3 Å². The van der Waals surface area contributed by atoms with E-state index in [4.69, 9.17) is 18.9 Å². The molecule has 200 valence electrons. The number of benzene rings is 2. The molecule has 0 bridgehead atoms. The molecule has 0 saturated carbocycles. The molecular formula is C28H29BrN2O6S. The third-order valence-electron chi connectivity index (χ3n) is 5.88. The summed E-state index contributed by atoms with van der Waals surface area (Å²) in [4.78, 5) is 32.3. The molecule has 10 heteroatoms. The van der Waals surface area contributed by atoms with Gasteiger partial charge in [0.25, 0.3) is 5.56 Å². The van der Waals surface area contributed by atoms with Crippen molar-refractivity contribution >= 4 is 39.3 Å². The number of methoxy groups -OCH3 is 2. The Morgan fingerprint density at radius 2 is 1.84 bits per heavy atom. The molecular weight excluding hydrogens is 572 g/mol. The number of carbonyl (C=O) groups excluding carboxylic acids is 1. The number of para-hydroxylation sites is 1. The van der Waals surface area contributed by atoms with Gasteiger partial charge in [-0.15, -0.1) is 0 Å². The molecule has 0 aliphatic carbocycles. The molecule has 8 nitrogen and oxygen atoms in total. The van der Waals surface area contributed by atoms with Crippen molar-refractivity contribution in [2.75, 3.05) is 20.8 Å². The molecule has 1 aliphatic rings. The fraction of sp³-hybridized carbons (Fsp3) is 0.321. The first-order valence-electron chi connectivity index (χ1n) is 12.1. The van der Waals surface area contributed by atoms with E-state index in [1.165, 1.54) is 23.0 Å². The molecule has 4 rings (SSSR count). The van der Waals surface area contributed by atoms with Gasteiger partial charge in [0.15, 0.2) is 16.3 Å². The summed E-state index contributed by atoms with van der Waals surface area (Å²) in [7, 11) is 3.08. The van der Waals surface area contributed by atoms with Crippen molar-refractivity contribution in [3.05, 3.63) is 83.0 Å². The molecule has 0 saturated heterocycles. The Hall–Kier alpha value is -3.37. The zero-order valence-electron chi connectivity index (χ0n) is 22.0. The number of thiazole rings is 1. The van der Waals surface area contributed by atoms with Crippen molar-refractivity contribution in [1.29, 1.82) is 0 Å². The molecule has 0 unspecified atom stereocenters. The smallest absolute Gasteiger partial charge is 0.338 e. The number of nitrogens with zero attached hydrogens (tertiary/aromatic N) is 2. The average molecular weight is 602 g/mol. The van der Waals surface area contributed by atoms with Gasteiger partial charge in [-0.1, -0.05) is 45.5 Å².